The Morgan fingerprint density at radius 3 is 2.56 bits per heavy atom. The van der Waals surface area contributed by atoms with Crippen molar-refractivity contribution >= 4 is 28.7 Å². The van der Waals surface area contributed by atoms with Crippen LogP contribution in [0.2, 0.25) is 0 Å². The van der Waals surface area contributed by atoms with Crippen LogP contribution in [0.5, 0.6) is 5.75 Å². The molecular weight excluding hydrogens is 472 g/mol. The zero-order chi connectivity index (χ0) is 25.7. The van der Waals surface area contributed by atoms with Crippen molar-refractivity contribution in [2.45, 2.75) is 39.8 Å². The lowest BCUT2D eigenvalue weighted by Gasteiger charge is -2.38. The average Bonchev–Trinajstić information content (AvgIpc) is 3.29. The molecule has 2 amide bonds. The summed E-state index contributed by atoms with van der Waals surface area (Å²) in [6.07, 6.45) is 0.186. The van der Waals surface area contributed by atoms with Crippen LogP contribution in [0.15, 0.2) is 82.0 Å². The molecule has 2 heterocycles. The molecule has 2 aliphatic rings. The Morgan fingerprint density at radius 1 is 1.11 bits per heavy atom. The summed E-state index contributed by atoms with van der Waals surface area (Å²) in [5.41, 5.74) is 4.08. The van der Waals surface area contributed by atoms with Crippen molar-refractivity contribution < 1.29 is 14.3 Å². The van der Waals surface area contributed by atoms with Crippen LogP contribution >= 0.6 is 11.8 Å². The minimum Gasteiger partial charge on any atom is -0.497 e. The molecule has 2 aromatic rings. The highest BCUT2D eigenvalue weighted by Gasteiger charge is 2.41. The second-order valence-corrected chi connectivity index (χ2v) is 9.42. The van der Waals surface area contributed by atoms with Gasteiger partial charge < -0.3 is 19.9 Å². The van der Waals surface area contributed by atoms with Gasteiger partial charge in [-0.15, -0.1) is 0 Å². The zero-order valence-electron chi connectivity index (χ0n) is 21.2. The van der Waals surface area contributed by atoms with Gasteiger partial charge in [0.1, 0.15) is 5.75 Å². The Kier molecular flexibility index (Phi) is 8.15. The predicted molar refractivity (Wildman–Crippen MR) is 144 cm³/mol. The fourth-order valence-corrected chi connectivity index (χ4v) is 5.44. The summed E-state index contributed by atoms with van der Waals surface area (Å²) in [6.45, 7) is 7.51. The number of carbonyl (C=O) groups excluding carboxylic acids is 2. The first-order valence-electron chi connectivity index (χ1n) is 12.1. The summed E-state index contributed by atoms with van der Waals surface area (Å²) in [7, 11) is 1.63. The molecule has 0 radical (unpaired) electrons. The van der Waals surface area contributed by atoms with Crippen molar-refractivity contribution in [3.63, 3.8) is 0 Å². The Labute approximate surface area is 216 Å². The van der Waals surface area contributed by atoms with Crippen molar-refractivity contribution in [1.82, 2.24) is 15.1 Å². The average molecular weight is 505 g/mol. The van der Waals surface area contributed by atoms with Crippen molar-refractivity contribution in [2.24, 2.45) is 4.99 Å². The van der Waals surface area contributed by atoms with E-state index in [9.17, 15) is 9.59 Å². The van der Waals surface area contributed by atoms with Gasteiger partial charge in [-0.1, -0.05) is 54.2 Å². The Morgan fingerprint density at radius 2 is 1.86 bits per heavy atom. The quantitative estimate of drug-likeness (QED) is 0.529. The predicted octanol–water partition coefficient (Wildman–Crippen LogP) is 4.85. The van der Waals surface area contributed by atoms with E-state index in [1.807, 2.05) is 90.6 Å². The fraction of sp³-hybridized carbons (Fsp3) is 0.321. The summed E-state index contributed by atoms with van der Waals surface area (Å²) >= 11 is 1.48. The second-order valence-electron chi connectivity index (χ2n) is 8.59. The zero-order valence-corrected chi connectivity index (χ0v) is 22.0. The van der Waals surface area contributed by atoms with Gasteiger partial charge in [-0.05, 0) is 49.4 Å². The molecule has 0 saturated heterocycles. The molecule has 2 aromatic carbocycles. The number of aliphatic imine (C=N–C) groups is 1. The van der Waals surface area contributed by atoms with E-state index in [2.05, 4.69) is 5.32 Å². The molecule has 2 aliphatic heterocycles. The molecule has 0 spiro atoms. The number of ether oxygens (including phenoxy) is 1. The van der Waals surface area contributed by atoms with E-state index in [0.717, 1.165) is 22.0 Å². The molecule has 0 bridgehead atoms. The highest BCUT2D eigenvalue weighted by atomic mass is 32.2. The number of likely N-dealkylation sites (N-methyl/N-ethyl adjacent to an activating group) is 1. The molecule has 188 valence electrons. The monoisotopic (exact) mass is 504 g/mol. The van der Waals surface area contributed by atoms with E-state index in [1.54, 1.807) is 7.11 Å². The van der Waals surface area contributed by atoms with Gasteiger partial charge in [0.05, 0.1) is 30.8 Å². The number of nitrogens with one attached hydrogen (secondary N) is 1. The number of carbonyl (C=O) groups is 2. The summed E-state index contributed by atoms with van der Waals surface area (Å²) in [6, 6.07) is 17.2. The second kappa shape index (κ2) is 11.5. The number of thioether (sulfide) groups is 1. The molecule has 1 unspecified atom stereocenters. The smallest absolute Gasteiger partial charge is 0.254 e. The number of amidine groups is 1. The topological polar surface area (TPSA) is 74.2 Å². The van der Waals surface area contributed by atoms with Gasteiger partial charge in [0.2, 0.25) is 5.91 Å². The minimum atomic E-state index is -0.413. The van der Waals surface area contributed by atoms with Gasteiger partial charge in [0, 0.05) is 25.3 Å². The summed E-state index contributed by atoms with van der Waals surface area (Å²) in [4.78, 5) is 35.3. The van der Waals surface area contributed by atoms with Crippen LogP contribution in [0, 0.1) is 0 Å². The van der Waals surface area contributed by atoms with Crippen LogP contribution in [0.1, 0.15) is 44.4 Å². The number of methoxy groups -OCH3 is 1. The molecule has 36 heavy (non-hydrogen) atoms. The molecule has 0 aromatic heterocycles. The summed E-state index contributed by atoms with van der Waals surface area (Å²) in [5, 5.41) is 5.74. The lowest BCUT2D eigenvalue weighted by atomic mass is 9.92. The van der Waals surface area contributed by atoms with E-state index in [0.29, 0.717) is 36.7 Å². The van der Waals surface area contributed by atoms with Gasteiger partial charge in [-0.25, -0.2) is 4.99 Å². The molecule has 7 nitrogen and oxygen atoms in total. The Bertz CT molecular complexity index is 1220. The number of amides is 2. The van der Waals surface area contributed by atoms with Crippen LogP contribution < -0.4 is 10.1 Å². The first-order valence-corrected chi connectivity index (χ1v) is 13.0. The molecule has 4 rings (SSSR count). The van der Waals surface area contributed by atoms with Gasteiger partial charge >= 0.3 is 0 Å². The third-order valence-electron chi connectivity index (χ3n) is 6.37. The van der Waals surface area contributed by atoms with E-state index >= 15 is 0 Å². The summed E-state index contributed by atoms with van der Waals surface area (Å²) < 4.78 is 5.49. The van der Waals surface area contributed by atoms with Crippen molar-refractivity contribution in [3.05, 3.63) is 88.1 Å². The Hall–Kier alpha value is -3.52. The SMILES string of the molecule is CCN(CC)C(=O)C1=C(C)N=C2SC=C(CC(=O)NCc3ccccc3)N2C1c1cccc(OC)c1. The normalized spacial score (nSPS) is 16.8. The van der Waals surface area contributed by atoms with Gasteiger partial charge in [-0.3, -0.25) is 9.59 Å². The van der Waals surface area contributed by atoms with Crippen LogP contribution in [-0.4, -0.2) is 47.0 Å². The number of benzene rings is 2. The maximum Gasteiger partial charge on any atom is 0.254 e. The maximum absolute atomic E-state index is 13.7. The molecule has 0 saturated carbocycles. The van der Waals surface area contributed by atoms with Crippen LogP contribution in [-0.2, 0) is 16.1 Å². The number of hydrogen-bond acceptors (Lipinski definition) is 6. The van der Waals surface area contributed by atoms with E-state index in [-0.39, 0.29) is 18.2 Å². The highest BCUT2D eigenvalue weighted by Crippen LogP contribution is 2.45. The standard InChI is InChI=1S/C28H32N4O3S/c1-5-31(6-2)27(34)25-19(3)30-28-32(26(25)21-13-10-14-23(15-21)35-4)22(18-36-28)16-24(33)29-17-20-11-8-7-9-12-20/h7-15,18,26H,5-6,16-17H2,1-4H3,(H,29,33). The first kappa shape index (κ1) is 25.6. The van der Waals surface area contributed by atoms with Crippen LogP contribution in [0.25, 0.3) is 0 Å². The van der Waals surface area contributed by atoms with Crippen LogP contribution in [0.4, 0.5) is 0 Å². The molecule has 1 N–H and O–H groups in total. The minimum absolute atomic E-state index is 0.0436. The number of nitrogens with zero attached hydrogens (tertiary/aromatic N) is 3. The Balaban J connectivity index is 1.66. The molecule has 0 aliphatic carbocycles. The van der Waals surface area contributed by atoms with Gasteiger partial charge in [-0.2, -0.15) is 0 Å². The lowest BCUT2D eigenvalue weighted by Crippen LogP contribution is -2.42. The molecule has 0 fully saturated rings. The molecule has 8 heteroatoms. The van der Waals surface area contributed by atoms with Gasteiger partial charge in [0.15, 0.2) is 5.17 Å². The number of fused-ring (bicyclic) bond motifs is 1. The molecule has 1 atom stereocenters. The number of rotatable bonds is 9. The van der Waals surface area contributed by atoms with Crippen molar-refractivity contribution in [1.29, 1.82) is 0 Å². The highest BCUT2D eigenvalue weighted by molar-refractivity contribution is 8.16. The number of hydrogen-bond donors (Lipinski definition) is 1. The van der Waals surface area contributed by atoms with Crippen LogP contribution in [0.3, 0.4) is 0 Å². The van der Waals surface area contributed by atoms with E-state index in [1.165, 1.54) is 11.8 Å². The van der Waals surface area contributed by atoms with Gasteiger partial charge in [0.25, 0.3) is 5.91 Å². The first-order chi connectivity index (χ1) is 17.5. The van der Waals surface area contributed by atoms with Crippen molar-refractivity contribution in [3.8, 4) is 5.75 Å². The maximum atomic E-state index is 13.7. The summed E-state index contributed by atoms with van der Waals surface area (Å²) in [5.74, 6) is 0.582. The number of allylic oxidation sites excluding steroid dienone is 1. The van der Waals surface area contributed by atoms with E-state index in [4.69, 9.17) is 9.73 Å². The third-order valence-corrected chi connectivity index (χ3v) is 7.25. The molecular formula is C28H32N4O3S. The lowest BCUT2D eigenvalue weighted by molar-refractivity contribution is -0.127. The third kappa shape index (κ3) is 5.33. The fourth-order valence-electron chi connectivity index (χ4n) is 4.47. The largest absolute Gasteiger partial charge is 0.497 e. The van der Waals surface area contributed by atoms with E-state index < -0.39 is 6.04 Å². The van der Waals surface area contributed by atoms with Crippen molar-refractivity contribution in [2.75, 3.05) is 20.2 Å².